The van der Waals surface area contributed by atoms with Gasteiger partial charge >= 0.3 is 5.97 Å². The van der Waals surface area contributed by atoms with E-state index in [-0.39, 0.29) is 6.54 Å². The van der Waals surface area contributed by atoms with E-state index in [4.69, 9.17) is 9.47 Å². The number of aryl methyl sites for hydroxylation is 2. The molecule has 0 heterocycles. The molecule has 7 nitrogen and oxygen atoms in total. The topological polar surface area (TPSA) is 93.7 Å². The number of rotatable bonds is 8. The van der Waals surface area contributed by atoms with Crippen LogP contribution in [0.3, 0.4) is 0 Å². The fourth-order valence-corrected chi connectivity index (χ4v) is 2.52. The minimum atomic E-state index is -0.710. The summed E-state index contributed by atoms with van der Waals surface area (Å²) in [5.41, 5.74) is 2.99. The Labute approximate surface area is 164 Å². The molecule has 0 saturated heterocycles. The van der Waals surface area contributed by atoms with Crippen molar-refractivity contribution in [1.29, 1.82) is 0 Å². The summed E-state index contributed by atoms with van der Waals surface area (Å²) >= 11 is 0. The first-order valence-electron chi connectivity index (χ1n) is 8.93. The van der Waals surface area contributed by atoms with Crippen molar-refractivity contribution in [3.8, 4) is 5.75 Å². The lowest BCUT2D eigenvalue weighted by molar-refractivity contribution is -0.146. The molecule has 28 heavy (non-hydrogen) atoms. The highest BCUT2D eigenvalue weighted by Crippen LogP contribution is 2.17. The molecule has 0 spiro atoms. The van der Waals surface area contributed by atoms with Gasteiger partial charge in [0.2, 0.25) is 0 Å². The number of carbonyl (C=O) groups excluding carboxylic acids is 3. The Bertz CT molecular complexity index is 864. The highest BCUT2D eigenvalue weighted by Gasteiger charge is 2.14. The van der Waals surface area contributed by atoms with Crippen molar-refractivity contribution in [2.75, 3.05) is 25.1 Å². The molecule has 0 aromatic heterocycles. The number of anilines is 1. The third-order valence-corrected chi connectivity index (χ3v) is 3.85. The van der Waals surface area contributed by atoms with Gasteiger partial charge in [-0.25, -0.2) is 0 Å². The summed E-state index contributed by atoms with van der Waals surface area (Å²) < 4.78 is 10.3. The molecular formula is C21H24N2O5. The van der Waals surface area contributed by atoms with E-state index in [2.05, 4.69) is 10.6 Å². The van der Waals surface area contributed by atoms with Gasteiger partial charge in [-0.15, -0.1) is 0 Å². The molecule has 0 unspecified atom stereocenters. The van der Waals surface area contributed by atoms with Gasteiger partial charge < -0.3 is 20.1 Å². The van der Waals surface area contributed by atoms with Crippen LogP contribution >= 0.6 is 0 Å². The van der Waals surface area contributed by atoms with Crippen LogP contribution in [0.1, 0.15) is 28.4 Å². The zero-order valence-electron chi connectivity index (χ0n) is 16.2. The average molecular weight is 384 g/mol. The van der Waals surface area contributed by atoms with Gasteiger partial charge in [0.05, 0.1) is 12.2 Å². The largest absolute Gasteiger partial charge is 0.493 e. The molecule has 2 amide bonds. The van der Waals surface area contributed by atoms with Crippen LogP contribution in [0.15, 0.2) is 42.5 Å². The highest BCUT2D eigenvalue weighted by molar-refractivity contribution is 5.98. The first kappa shape index (κ1) is 21.0. The van der Waals surface area contributed by atoms with Gasteiger partial charge in [-0.3, -0.25) is 14.4 Å². The number of benzene rings is 2. The first-order chi connectivity index (χ1) is 13.4. The summed E-state index contributed by atoms with van der Waals surface area (Å²) in [6, 6.07) is 12.3. The Morgan fingerprint density at radius 2 is 1.79 bits per heavy atom. The van der Waals surface area contributed by atoms with Crippen molar-refractivity contribution in [3.05, 3.63) is 59.2 Å². The van der Waals surface area contributed by atoms with Crippen LogP contribution in [0.2, 0.25) is 0 Å². The molecule has 2 aromatic carbocycles. The molecule has 7 heteroatoms. The molecule has 2 N–H and O–H groups in total. The molecule has 0 fully saturated rings. The van der Waals surface area contributed by atoms with E-state index in [0.717, 1.165) is 11.1 Å². The second-order valence-electron chi connectivity index (χ2n) is 6.14. The minimum absolute atomic E-state index is 0.324. The van der Waals surface area contributed by atoms with Crippen molar-refractivity contribution in [2.24, 2.45) is 0 Å². The van der Waals surface area contributed by atoms with Crippen LogP contribution in [0.4, 0.5) is 5.69 Å². The van der Waals surface area contributed by atoms with E-state index in [0.29, 0.717) is 23.6 Å². The van der Waals surface area contributed by atoms with Crippen molar-refractivity contribution in [1.82, 2.24) is 5.32 Å². The van der Waals surface area contributed by atoms with E-state index < -0.39 is 24.4 Å². The smallest absolute Gasteiger partial charge is 0.325 e. The minimum Gasteiger partial charge on any atom is -0.493 e. The summed E-state index contributed by atoms with van der Waals surface area (Å²) in [5.74, 6) is -1.18. The second kappa shape index (κ2) is 10.1. The summed E-state index contributed by atoms with van der Waals surface area (Å²) in [7, 11) is 0. The molecule has 148 valence electrons. The van der Waals surface area contributed by atoms with Crippen LogP contribution in [0, 0.1) is 13.8 Å². The Kier molecular flexibility index (Phi) is 7.56. The van der Waals surface area contributed by atoms with Gasteiger partial charge in [-0.1, -0.05) is 29.8 Å². The van der Waals surface area contributed by atoms with Crippen molar-refractivity contribution < 1.29 is 23.9 Å². The number of ether oxygens (including phenoxy) is 2. The molecule has 2 aromatic rings. The third kappa shape index (κ3) is 6.12. The maximum absolute atomic E-state index is 12.2. The predicted molar refractivity (Wildman–Crippen MR) is 105 cm³/mol. The number of nitrogens with one attached hydrogen (secondary N) is 2. The zero-order chi connectivity index (χ0) is 20.5. The van der Waals surface area contributed by atoms with Crippen LogP contribution in [0.25, 0.3) is 0 Å². The van der Waals surface area contributed by atoms with Gasteiger partial charge in [0.1, 0.15) is 12.3 Å². The van der Waals surface area contributed by atoms with Gasteiger partial charge in [-0.2, -0.15) is 0 Å². The summed E-state index contributed by atoms with van der Waals surface area (Å²) in [6.07, 6.45) is 0. The fraction of sp³-hybridized carbons (Fsp3) is 0.286. The quantitative estimate of drug-likeness (QED) is 0.683. The summed E-state index contributed by atoms with van der Waals surface area (Å²) in [6.45, 7) is 5.29. The Hall–Kier alpha value is -3.35. The standard InChI is InChI=1S/C21H24N2O5/c1-4-27-18-8-6-5-7-16(18)21(26)22-12-20(25)28-13-19(24)23-17-10-9-14(2)11-15(17)3/h5-11H,4,12-13H2,1-3H3,(H,22,26)(H,23,24). The van der Waals surface area contributed by atoms with Crippen LogP contribution in [-0.2, 0) is 14.3 Å². The third-order valence-electron chi connectivity index (χ3n) is 3.85. The van der Waals surface area contributed by atoms with Gasteiger partial charge in [0.25, 0.3) is 11.8 Å². The Morgan fingerprint density at radius 1 is 1.04 bits per heavy atom. The monoisotopic (exact) mass is 384 g/mol. The molecule has 0 saturated carbocycles. The SMILES string of the molecule is CCOc1ccccc1C(=O)NCC(=O)OCC(=O)Nc1ccc(C)cc1C. The van der Waals surface area contributed by atoms with Crippen molar-refractivity contribution >= 4 is 23.5 Å². The van der Waals surface area contributed by atoms with Gasteiger partial charge in [0.15, 0.2) is 6.61 Å². The molecule has 0 radical (unpaired) electrons. The van der Waals surface area contributed by atoms with Crippen molar-refractivity contribution in [2.45, 2.75) is 20.8 Å². The highest BCUT2D eigenvalue weighted by atomic mass is 16.5. The molecule has 0 aliphatic rings. The van der Waals surface area contributed by atoms with Crippen LogP contribution in [-0.4, -0.2) is 37.5 Å². The van der Waals surface area contributed by atoms with E-state index in [1.54, 1.807) is 30.3 Å². The van der Waals surface area contributed by atoms with E-state index >= 15 is 0 Å². The number of para-hydroxylation sites is 1. The molecule has 2 rings (SSSR count). The maximum atomic E-state index is 12.2. The lowest BCUT2D eigenvalue weighted by Gasteiger charge is -2.11. The average Bonchev–Trinajstić information content (AvgIpc) is 2.67. The number of hydrogen-bond acceptors (Lipinski definition) is 5. The molecule has 0 atom stereocenters. The van der Waals surface area contributed by atoms with Crippen LogP contribution in [0.5, 0.6) is 5.75 Å². The number of carbonyl (C=O) groups is 3. The second-order valence-corrected chi connectivity index (χ2v) is 6.14. The lowest BCUT2D eigenvalue weighted by atomic mass is 10.1. The summed E-state index contributed by atoms with van der Waals surface area (Å²) in [5, 5.41) is 5.15. The molecule has 0 aliphatic carbocycles. The Balaban J connectivity index is 1.79. The first-order valence-corrected chi connectivity index (χ1v) is 8.93. The summed E-state index contributed by atoms with van der Waals surface area (Å²) in [4.78, 5) is 36.0. The number of amides is 2. The van der Waals surface area contributed by atoms with E-state index in [9.17, 15) is 14.4 Å². The number of hydrogen-bond donors (Lipinski definition) is 2. The molecule has 0 bridgehead atoms. The van der Waals surface area contributed by atoms with E-state index in [1.807, 2.05) is 32.9 Å². The maximum Gasteiger partial charge on any atom is 0.325 e. The van der Waals surface area contributed by atoms with Gasteiger partial charge in [-0.05, 0) is 44.5 Å². The predicted octanol–water partition coefficient (Wildman–Crippen LogP) is 2.61. The Morgan fingerprint density at radius 3 is 2.50 bits per heavy atom. The zero-order valence-corrected chi connectivity index (χ0v) is 16.2. The normalized spacial score (nSPS) is 10.1. The molecular weight excluding hydrogens is 360 g/mol. The van der Waals surface area contributed by atoms with Gasteiger partial charge in [0, 0.05) is 5.69 Å². The number of esters is 1. The fourth-order valence-electron chi connectivity index (χ4n) is 2.52. The molecule has 0 aliphatic heterocycles. The van der Waals surface area contributed by atoms with Crippen molar-refractivity contribution in [3.63, 3.8) is 0 Å². The van der Waals surface area contributed by atoms with Crippen LogP contribution < -0.4 is 15.4 Å². The lowest BCUT2D eigenvalue weighted by Crippen LogP contribution is -2.32. The van der Waals surface area contributed by atoms with E-state index in [1.165, 1.54) is 0 Å².